The molecule has 0 aromatic rings. The molecule has 3 aliphatic rings. The molecular weight excluding hydrogens is 468 g/mol. The molecule has 16 heteroatoms. The maximum Gasteiger partial charge on any atom is 0.187 e. The Kier molecular flexibility index (Phi) is 9.54. The van der Waals surface area contributed by atoms with Crippen LogP contribution < -0.4 is 11.5 Å². The molecule has 0 bridgehead atoms. The van der Waals surface area contributed by atoms with Crippen LogP contribution in [0.1, 0.15) is 0 Å². The topological polar surface area (TPSA) is 280 Å². The van der Waals surface area contributed by atoms with E-state index in [1.807, 2.05) is 0 Å². The molecule has 0 aromatic carbocycles. The van der Waals surface area contributed by atoms with Crippen molar-refractivity contribution in [3.63, 3.8) is 0 Å². The van der Waals surface area contributed by atoms with E-state index in [0.717, 1.165) is 0 Å². The summed E-state index contributed by atoms with van der Waals surface area (Å²) in [4.78, 5) is 0. The molecule has 0 aliphatic carbocycles. The predicted octanol–water partition coefficient (Wildman–Crippen LogP) is -7.64. The van der Waals surface area contributed by atoms with Gasteiger partial charge in [-0.15, -0.1) is 0 Å². The van der Waals surface area contributed by atoms with Gasteiger partial charge in [0.25, 0.3) is 0 Å². The van der Waals surface area contributed by atoms with Gasteiger partial charge in [0.1, 0.15) is 61.0 Å². The SMILES string of the molecule is NC1[C@H](OCC2O[C@H](O)C(N)[C@@H](O)C2O)OC(CO)C(O[C@@H]2OC(CO)C(O)[C@H](O)C2O)[C@@H]1O. The van der Waals surface area contributed by atoms with E-state index in [4.69, 9.17) is 35.2 Å². The average molecular weight is 502 g/mol. The Morgan fingerprint density at radius 1 is 0.588 bits per heavy atom. The highest BCUT2D eigenvalue weighted by Gasteiger charge is 2.51. The number of aliphatic hydroxyl groups is 9. The fourth-order valence-corrected chi connectivity index (χ4v) is 4.03. The van der Waals surface area contributed by atoms with Crippen molar-refractivity contribution in [2.75, 3.05) is 19.8 Å². The fraction of sp³-hybridized carbons (Fsp3) is 1.00. The van der Waals surface area contributed by atoms with Crippen molar-refractivity contribution < 1.29 is 69.6 Å². The first-order valence-corrected chi connectivity index (χ1v) is 10.7. The lowest BCUT2D eigenvalue weighted by Gasteiger charge is -2.46. The lowest BCUT2D eigenvalue weighted by atomic mass is 9.96. The van der Waals surface area contributed by atoms with Crippen molar-refractivity contribution >= 4 is 0 Å². The molecule has 15 atom stereocenters. The highest BCUT2D eigenvalue weighted by Crippen LogP contribution is 2.29. The van der Waals surface area contributed by atoms with Gasteiger partial charge in [-0.25, -0.2) is 0 Å². The van der Waals surface area contributed by atoms with E-state index < -0.39 is 112 Å². The molecule has 0 amide bonds. The Labute approximate surface area is 193 Å². The fourth-order valence-electron chi connectivity index (χ4n) is 4.03. The molecule has 3 aliphatic heterocycles. The Bertz CT molecular complexity index is 646. The van der Waals surface area contributed by atoms with Crippen LogP contribution in [0.25, 0.3) is 0 Å². The second kappa shape index (κ2) is 11.6. The van der Waals surface area contributed by atoms with Crippen molar-refractivity contribution in [2.45, 2.75) is 92.0 Å². The molecule has 9 unspecified atom stereocenters. The summed E-state index contributed by atoms with van der Waals surface area (Å²) in [6.45, 7) is -1.85. The minimum Gasteiger partial charge on any atom is -0.394 e. The van der Waals surface area contributed by atoms with Crippen molar-refractivity contribution in [3.05, 3.63) is 0 Å². The zero-order valence-electron chi connectivity index (χ0n) is 18.0. The molecule has 13 N–H and O–H groups in total. The molecule has 3 fully saturated rings. The molecule has 3 rings (SSSR count). The number of rotatable bonds is 7. The van der Waals surface area contributed by atoms with Gasteiger partial charge in [0.15, 0.2) is 18.9 Å². The predicted molar refractivity (Wildman–Crippen MR) is 105 cm³/mol. The first-order valence-electron chi connectivity index (χ1n) is 10.7. The van der Waals surface area contributed by atoms with E-state index in [1.54, 1.807) is 0 Å². The highest BCUT2D eigenvalue weighted by molar-refractivity contribution is 4.96. The summed E-state index contributed by atoms with van der Waals surface area (Å²) in [6, 6.07) is -2.53. The summed E-state index contributed by atoms with van der Waals surface area (Å²) in [7, 11) is 0. The minimum absolute atomic E-state index is 0.441. The maximum absolute atomic E-state index is 10.7. The molecular formula is C18H34N2O14. The number of ether oxygens (including phenoxy) is 5. The molecule has 0 radical (unpaired) electrons. The van der Waals surface area contributed by atoms with Gasteiger partial charge in [0, 0.05) is 0 Å². The van der Waals surface area contributed by atoms with E-state index in [0.29, 0.717) is 0 Å². The third-order valence-electron chi connectivity index (χ3n) is 6.23. The van der Waals surface area contributed by atoms with Gasteiger partial charge in [0.05, 0.1) is 31.9 Å². The van der Waals surface area contributed by atoms with Gasteiger partial charge in [-0.1, -0.05) is 0 Å². The molecule has 200 valence electrons. The third kappa shape index (κ3) is 5.52. The van der Waals surface area contributed by atoms with Crippen molar-refractivity contribution in [1.82, 2.24) is 0 Å². The van der Waals surface area contributed by atoms with Crippen LogP contribution in [-0.4, -0.2) is 158 Å². The molecule has 16 nitrogen and oxygen atoms in total. The van der Waals surface area contributed by atoms with Crippen LogP contribution in [0.15, 0.2) is 0 Å². The van der Waals surface area contributed by atoms with Crippen LogP contribution in [0, 0.1) is 0 Å². The zero-order chi connectivity index (χ0) is 25.3. The third-order valence-corrected chi connectivity index (χ3v) is 6.23. The van der Waals surface area contributed by atoms with Crippen molar-refractivity contribution in [2.24, 2.45) is 11.5 Å². The number of aliphatic hydroxyl groups excluding tert-OH is 9. The van der Waals surface area contributed by atoms with E-state index >= 15 is 0 Å². The minimum atomic E-state index is -1.76. The van der Waals surface area contributed by atoms with Gasteiger partial charge in [0.2, 0.25) is 0 Å². The highest BCUT2D eigenvalue weighted by atomic mass is 16.7. The Morgan fingerprint density at radius 2 is 1.18 bits per heavy atom. The second-order valence-electron chi connectivity index (χ2n) is 8.55. The van der Waals surface area contributed by atoms with Crippen LogP contribution in [-0.2, 0) is 23.7 Å². The molecule has 34 heavy (non-hydrogen) atoms. The Balaban J connectivity index is 1.63. The van der Waals surface area contributed by atoms with E-state index in [2.05, 4.69) is 0 Å². The Hall–Kier alpha value is -0.640. The maximum atomic E-state index is 10.7. The number of hydrogen-bond acceptors (Lipinski definition) is 16. The standard InChI is InChI=1S/C18H34N2O14/c19-7-11(25)10(24)6(31-16(7)29)3-30-17-8(20)12(26)15(5(2-22)33-17)34-18-14(28)13(27)9(23)4(1-21)32-18/h4-18,21-29H,1-3,19-20H2/t4?,5?,6?,7?,8?,9?,10?,11-,12-,13+,14?,15?,16+,17-,18+/m1/s1. The van der Waals surface area contributed by atoms with Crippen molar-refractivity contribution in [1.29, 1.82) is 0 Å². The van der Waals surface area contributed by atoms with Gasteiger partial charge >= 0.3 is 0 Å². The smallest absolute Gasteiger partial charge is 0.187 e. The largest absolute Gasteiger partial charge is 0.394 e. The van der Waals surface area contributed by atoms with Crippen LogP contribution in [0.4, 0.5) is 0 Å². The molecule has 0 saturated carbocycles. The van der Waals surface area contributed by atoms with Crippen LogP contribution >= 0.6 is 0 Å². The molecule has 0 spiro atoms. The van der Waals surface area contributed by atoms with Gasteiger partial charge in [-0.3, -0.25) is 0 Å². The summed E-state index contributed by atoms with van der Waals surface area (Å²) in [5.74, 6) is 0. The van der Waals surface area contributed by atoms with Crippen LogP contribution in [0.2, 0.25) is 0 Å². The normalized spacial score (nSPS) is 52.5. The average Bonchev–Trinajstić information content (AvgIpc) is 2.83. The summed E-state index contributed by atoms with van der Waals surface area (Å²) in [5, 5.41) is 89.4. The monoisotopic (exact) mass is 502 g/mol. The van der Waals surface area contributed by atoms with Crippen LogP contribution in [0.3, 0.4) is 0 Å². The van der Waals surface area contributed by atoms with Gasteiger partial charge in [-0.05, 0) is 0 Å². The van der Waals surface area contributed by atoms with Gasteiger partial charge < -0.3 is 81.1 Å². The summed E-state index contributed by atoms with van der Waals surface area (Å²) in [6.07, 6.45) is -19.3. The van der Waals surface area contributed by atoms with Crippen LogP contribution in [0.5, 0.6) is 0 Å². The summed E-state index contributed by atoms with van der Waals surface area (Å²) < 4.78 is 26.9. The quantitative estimate of drug-likeness (QED) is 0.154. The molecule has 0 aromatic heterocycles. The first-order chi connectivity index (χ1) is 16.0. The Morgan fingerprint density at radius 3 is 1.79 bits per heavy atom. The number of hydrogen-bond donors (Lipinski definition) is 11. The van der Waals surface area contributed by atoms with E-state index in [-0.39, 0.29) is 0 Å². The molecule has 3 saturated heterocycles. The second-order valence-corrected chi connectivity index (χ2v) is 8.55. The van der Waals surface area contributed by atoms with Crippen molar-refractivity contribution in [3.8, 4) is 0 Å². The van der Waals surface area contributed by atoms with E-state index in [9.17, 15) is 46.0 Å². The number of nitrogens with two attached hydrogens (primary N) is 2. The van der Waals surface area contributed by atoms with Gasteiger partial charge in [-0.2, -0.15) is 0 Å². The van der Waals surface area contributed by atoms with E-state index in [1.165, 1.54) is 0 Å². The summed E-state index contributed by atoms with van der Waals surface area (Å²) in [5.41, 5.74) is 11.5. The lowest BCUT2D eigenvalue weighted by molar-refractivity contribution is -0.349. The molecule has 3 heterocycles. The zero-order valence-corrected chi connectivity index (χ0v) is 18.0. The first kappa shape index (κ1) is 27.9. The summed E-state index contributed by atoms with van der Waals surface area (Å²) >= 11 is 0. The lowest BCUT2D eigenvalue weighted by Crippen LogP contribution is -2.67.